The van der Waals surface area contributed by atoms with Crippen molar-refractivity contribution in [3.8, 4) is 22.9 Å². The molecular weight excluding hydrogens is 495 g/mol. The van der Waals surface area contributed by atoms with E-state index in [-0.39, 0.29) is 41.5 Å². The van der Waals surface area contributed by atoms with Gasteiger partial charge in [-0.15, -0.1) is 12.4 Å². The summed E-state index contributed by atoms with van der Waals surface area (Å²) in [5, 5.41) is 6.68. The number of rotatable bonds is 9. The van der Waals surface area contributed by atoms with E-state index in [0.29, 0.717) is 23.6 Å². The lowest BCUT2D eigenvalue weighted by atomic mass is 10.1. The third kappa shape index (κ3) is 7.00. The molecule has 3 N–H and O–H groups in total. The van der Waals surface area contributed by atoms with Crippen LogP contribution in [0.1, 0.15) is 26.2 Å². The van der Waals surface area contributed by atoms with Crippen LogP contribution < -0.4 is 20.1 Å². The van der Waals surface area contributed by atoms with Crippen LogP contribution in [0.25, 0.3) is 11.3 Å². The van der Waals surface area contributed by atoms with Crippen molar-refractivity contribution in [2.24, 2.45) is 0 Å². The van der Waals surface area contributed by atoms with Gasteiger partial charge in [0.25, 0.3) is 0 Å². The molecule has 3 heterocycles. The highest BCUT2D eigenvalue weighted by molar-refractivity contribution is 7.92. The van der Waals surface area contributed by atoms with Gasteiger partial charge in [0.2, 0.25) is 21.9 Å². The van der Waals surface area contributed by atoms with Crippen molar-refractivity contribution in [3.63, 3.8) is 0 Å². The number of aromatic nitrogens is 3. The fourth-order valence-electron chi connectivity index (χ4n) is 3.66. The van der Waals surface area contributed by atoms with Gasteiger partial charge in [0.15, 0.2) is 11.6 Å². The lowest BCUT2D eigenvalue weighted by Crippen LogP contribution is -2.38. The Morgan fingerprint density at radius 1 is 1.17 bits per heavy atom. The standard InChI is InChI=1S/C23H27FN6O3S.ClH/c1-2-14-34(31,32)30-19-8-3-9-20(21(19)24)33-22-17(7-5-12-26-22)18-10-13-27-23(29-18)28-16-6-4-11-25-15-16;/h3,5,7-10,12-13,16,25,30H,2,4,6,11,14-15H2,1H3,(H,27,28,29);1H/t16-;/m0./s1. The monoisotopic (exact) mass is 522 g/mol. The molecule has 2 aromatic heterocycles. The zero-order valence-electron chi connectivity index (χ0n) is 19.2. The van der Waals surface area contributed by atoms with Gasteiger partial charge < -0.3 is 15.4 Å². The second-order valence-corrected chi connectivity index (χ2v) is 9.79. The number of pyridine rings is 1. The van der Waals surface area contributed by atoms with Crippen molar-refractivity contribution in [3.05, 3.63) is 54.6 Å². The summed E-state index contributed by atoms with van der Waals surface area (Å²) < 4.78 is 47.3. The third-order valence-electron chi connectivity index (χ3n) is 5.24. The smallest absolute Gasteiger partial charge is 0.232 e. The molecule has 0 saturated carbocycles. The predicted molar refractivity (Wildman–Crippen MR) is 136 cm³/mol. The first-order valence-electron chi connectivity index (χ1n) is 11.2. The minimum Gasteiger partial charge on any atom is -0.435 e. The van der Waals surface area contributed by atoms with E-state index < -0.39 is 15.8 Å². The quantitative estimate of drug-likeness (QED) is 0.382. The van der Waals surface area contributed by atoms with E-state index in [0.717, 1.165) is 25.9 Å². The van der Waals surface area contributed by atoms with Crippen LogP contribution in [-0.2, 0) is 10.0 Å². The number of piperidine rings is 1. The molecule has 0 bridgehead atoms. The maximum Gasteiger partial charge on any atom is 0.232 e. The summed E-state index contributed by atoms with van der Waals surface area (Å²) in [6, 6.07) is 9.72. The largest absolute Gasteiger partial charge is 0.435 e. The Labute approximate surface area is 210 Å². The van der Waals surface area contributed by atoms with Crippen molar-refractivity contribution in [2.75, 3.05) is 28.9 Å². The van der Waals surface area contributed by atoms with Crippen LogP contribution in [-0.4, -0.2) is 48.3 Å². The maximum absolute atomic E-state index is 15.1. The van der Waals surface area contributed by atoms with E-state index in [2.05, 4.69) is 30.3 Å². The van der Waals surface area contributed by atoms with Crippen LogP contribution in [0.2, 0.25) is 0 Å². The van der Waals surface area contributed by atoms with Gasteiger partial charge in [0, 0.05) is 25.0 Å². The second kappa shape index (κ2) is 12.1. The van der Waals surface area contributed by atoms with Crippen LogP contribution in [0, 0.1) is 5.82 Å². The van der Waals surface area contributed by atoms with Gasteiger partial charge in [0.1, 0.15) is 0 Å². The van der Waals surface area contributed by atoms with Crippen LogP contribution in [0.3, 0.4) is 0 Å². The summed E-state index contributed by atoms with van der Waals surface area (Å²) in [5.74, 6) is -0.465. The number of benzene rings is 1. The molecule has 0 unspecified atom stereocenters. The van der Waals surface area contributed by atoms with Crippen molar-refractivity contribution < 1.29 is 17.5 Å². The van der Waals surface area contributed by atoms with Crippen LogP contribution in [0.15, 0.2) is 48.8 Å². The van der Waals surface area contributed by atoms with E-state index in [4.69, 9.17) is 4.74 Å². The predicted octanol–water partition coefficient (Wildman–Crippen LogP) is 4.21. The average Bonchev–Trinajstić information content (AvgIpc) is 2.83. The lowest BCUT2D eigenvalue weighted by Gasteiger charge is -2.23. The number of hydrogen-bond acceptors (Lipinski definition) is 8. The molecule has 12 heteroatoms. The molecule has 4 rings (SSSR count). The molecule has 3 aromatic rings. The highest BCUT2D eigenvalue weighted by Gasteiger charge is 2.19. The van der Waals surface area contributed by atoms with Gasteiger partial charge >= 0.3 is 0 Å². The fraction of sp³-hybridized carbons (Fsp3) is 0.348. The average molecular weight is 523 g/mol. The molecule has 9 nitrogen and oxygen atoms in total. The van der Waals surface area contributed by atoms with E-state index in [1.807, 2.05) is 0 Å². The normalized spacial score (nSPS) is 15.7. The maximum atomic E-state index is 15.1. The SMILES string of the molecule is CCCS(=O)(=O)Nc1cccc(Oc2ncccc2-c2ccnc(N[C@H]3CCCNC3)n2)c1F.Cl. The lowest BCUT2D eigenvalue weighted by molar-refractivity contribution is 0.430. The van der Waals surface area contributed by atoms with Crippen molar-refractivity contribution in [1.29, 1.82) is 0 Å². The molecule has 35 heavy (non-hydrogen) atoms. The van der Waals surface area contributed by atoms with Gasteiger partial charge in [0.05, 0.1) is 22.7 Å². The summed E-state index contributed by atoms with van der Waals surface area (Å²) >= 11 is 0. The zero-order chi connectivity index (χ0) is 24.0. The number of anilines is 2. The van der Waals surface area contributed by atoms with Crippen molar-refractivity contribution in [1.82, 2.24) is 20.3 Å². The van der Waals surface area contributed by atoms with E-state index in [1.54, 1.807) is 31.3 Å². The second-order valence-electron chi connectivity index (χ2n) is 7.95. The van der Waals surface area contributed by atoms with Crippen molar-refractivity contribution >= 4 is 34.1 Å². The van der Waals surface area contributed by atoms with Crippen LogP contribution in [0.4, 0.5) is 16.0 Å². The Bertz CT molecular complexity index is 1240. The number of ether oxygens (including phenoxy) is 1. The Morgan fingerprint density at radius 3 is 2.80 bits per heavy atom. The topological polar surface area (TPSA) is 118 Å². The minimum atomic E-state index is -3.65. The fourth-order valence-corrected chi connectivity index (χ4v) is 4.80. The molecule has 1 aromatic carbocycles. The summed E-state index contributed by atoms with van der Waals surface area (Å²) in [5.41, 5.74) is 0.925. The zero-order valence-corrected chi connectivity index (χ0v) is 20.8. The molecule has 1 aliphatic rings. The minimum absolute atomic E-state index is 0. The third-order valence-corrected chi connectivity index (χ3v) is 6.72. The van der Waals surface area contributed by atoms with Gasteiger partial charge in [-0.1, -0.05) is 13.0 Å². The van der Waals surface area contributed by atoms with Crippen LogP contribution in [0.5, 0.6) is 11.6 Å². The molecule has 1 fully saturated rings. The van der Waals surface area contributed by atoms with E-state index in [1.165, 1.54) is 24.4 Å². The Morgan fingerprint density at radius 2 is 2.03 bits per heavy atom. The number of halogens is 2. The molecule has 188 valence electrons. The van der Waals surface area contributed by atoms with Gasteiger partial charge in [-0.25, -0.2) is 27.8 Å². The Balaban J connectivity index is 0.00000342. The summed E-state index contributed by atoms with van der Waals surface area (Å²) in [6.07, 6.45) is 5.69. The number of nitrogens with one attached hydrogen (secondary N) is 3. The molecule has 1 atom stereocenters. The highest BCUT2D eigenvalue weighted by Crippen LogP contribution is 2.34. The molecule has 0 aliphatic carbocycles. The molecule has 1 aliphatic heterocycles. The van der Waals surface area contributed by atoms with E-state index in [9.17, 15) is 8.42 Å². The summed E-state index contributed by atoms with van der Waals surface area (Å²) in [6.45, 7) is 3.58. The van der Waals surface area contributed by atoms with Gasteiger partial charge in [-0.2, -0.15) is 0 Å². The first-order valence-corrected chi connectivity index (χ1v) is 12.8. The number of sulfonamides is 1. The van der Waals surface area contributed by atoms with Crippen LogP contribution >= 0.6 is 12.4 Å². The molecule has 0 amide bonds. The Hall–Kier alpha value is -3.02. The first-order chi connectivity index (χ1) is 16.4. The van der Waals surface area contributed by atoms with E-state index >= 15 is 4.39 Å². The first kappa shape index (κ1) is 26.6. The highest BCUT2D eigenvalue weighted by atomic mass is 35.5. The van der Waals surface area contributed by atoms with Gasteiger partial charge in [-0.3, -0.25) is 4.72 Å². The van der Waals surface area contributed by atoms with Gasteiger partial charge in [-0.05, 0) is 56.1 Å². The number of nitrogens with zero attached hydrogens (tertiary/aromatic N) is 3. The van der Waals surface area contributed by atoms with Crippen molar-refractivity contribution in [2.45, 2.75) is 32.2 Å². The molecule has 1 saturated heterocycles. The molecule has 0 spiro atoms. The summed E-state index contributed by atoms with van der Waals surface area (Å²) in [4.78, 5) is 13.2. The molecular formula is C23H28ClFN6O3S. The summed E-state index contributed by atoms with van der Waals surface area (Å²) in [7, 11) is -3.65. The Kier molecular flexibility index (Phi) is 9.19. The molecule has 0 radical (unpaired) electrons. The number of hydrogen-bond donors (Lipinski definition) is 3.